The van der Waals surface area contributed by atoms with Gasteiger partial charge in [0.15, 0.2) is 5.78 Å². The first-order chi connectivity index (χ1) is 11.5. The van der Waals surface area contributed by atoms with E-state index >= 15 is 0 Å². The molecule has 24 heavy (non-hydrogen) atoms. The van der Waals surface area contributed by atoms with Crippen LogP contribution in [0.1, 0.15) is 97.8 Å². The molecule has 0 saturated heterocycles. The lowest BCUT2D eigenvalue weighted by atomic mass is 9.74. The maximum Gasteiger partial charge on any atom is 0.158 e. The van der Waals surface area contributed by atoms with Gasteiger partial charge in [-0.05, 0) is 36.7 Å². The zero-order valence-electron chi connectivity index (χ0n) is 16.2. The SMILES string of the molecule is C=C(CCC(=O)C(C)CCC)C(=O)CC1CCCCC1CCCC. The van der Waals surface area contributed by atoms with E-state index in [0.29, 0.717) is 30.8 Å². The molecule has 0 aromatic rings. The summed E-state index contributed by atoms with van der Waals surface area (Å²) in [6.45, 7) is 10.3. The Morgan fingerprint density at radius 2 is 1.71 bits per heavy atom. The predicted octanol–water partition coefficient (Wildman–Crippen LogP) is 6.28. The zero-order valence-corrected chi connectivity index (χ0v) is 16.2. The maximum absolute atomic E-state index is 12.5. The minimum atomic E-state index is 0.120. The summed E-state index contributed by atoms with van der Waals surface area (Å²) >= 11 is 0. The minimum Gasteiger partial charge on any atom is -0.299 e. The van der Waals surface area contributed by atoms with E-state index in [1.165, 1.54) is 44.9 Å². The minimum absolute atomic E-state index is 0.120. The van der Waals surface area contributed by atoms with Gasteiger partial charge in [-0.1, -0.05) is 72.3 Å². The van der Waals surface area contributed by atoms with Gasteiger partial charge in [-0.15, -0.1) is 0 Å². The fourth-order valence-electron chi connectivity index (χ4n) is 4.04. The maximum atomic E-state index is 12.5. The molecular formula is C22H38O2. The van der Waals surface area contributed by atoms with Crippen molar-refractivity contribution >= 4 is 11.6 Å². The molecule has 3 atom stereocenters. The topological polar surface area (TPSA) is 34.1 Å². The molecule has 1 aliphatic carbocycles. The highest BCUT2D eigenvalue weighted by Crippen LogP contribution is 2.36. The standard InChI is InChI=1S/C22H38O2/c1-5-7-11-19-12-8-9-13-20(19)16-22(24)18(4)14-15-21(23)17(3)10-6-2/h17,19-20H,4-16H2,1-3H3. The summed E-state index contributed by atoms with van der Waals surface area (Å²) in [6, 6.07) is 0. The van der Waals surface area contributed by atoms with Crippen LogP contribution in [0.25, 0.3) is 0 Å². The van der Waals surface area contributed by atoms with Crippen molar-refractivity contribution in [2.75, 3.05) is 0 Å². The van der Waals surface area contributed by atoms with E-state index < -0.39 is 0 Å². The Balaban J connectivity index is 2.41. The van der Waals surface area contributed by atoms with E-state index in [1.54, 1.807) is 0 Å². The first-order valence-corrected chi connectivity index (χ1v) is 10.2. The Kier molecular flexibility index (Phi) is 10.2. The fourth-order valence-corrected chi connectivity index (χ4v) is 4.04. The number of Topliss-reactive ketones (excluding diaryl/α,β-unsaturated/α-hetero) is 2. The largest absolute Gasteiger partial charge is 0.299 e. The van der Waals surface area contributed by atoms with Crippen molar-refractivity contribution in [3.63, 3.8) is 0 Å². The molecule has 1 rings (SSSR count). The molecular weight excluding hydrogens is 296 g/mol. The molecule has 1 fully saturated rings. The van der Waals surface area contributed by atoms with Crippen molar-refractivity contribution in [3.05, 3.63) is 12.2 Å². The first-order valence-electron chi connectivity index (χ1n) is 10.2. The summed E-state index contributed by atoms with van der Waals surface area (Å²) in [5.74, 6) is 1.88. The molecule has 0 bridgehead atoms. The third-order valence-corrected chi connectivity index (χ3v) is 5.78. The summed E-state index contributed by atoms with van der Waals surface area (Å²) < 4.78 is 0. The molecule has 0 N–H and O–H groups in total. The van der Waals surface area contributed by atoms with Crippen molar-refractivity contribution in [1.82, 2.24) is 0 Å². The van der Waals surface area contributed by atoms with Gasteiger partial charge in [-0.25, -0.2) is 0 Å². The van der Waals surface area contributed by atoms with Crippen LogP contribution in [-0.2, 0) is 9.59 Å². The van der Waals surface area contributed by atoms with Gasteiger partial charge in [-0.2, -0.15) is 0 Å². The number of rotatable bonds is 12. The number of hydrogen-bond donors (Lipinski definition) is 0. The molecule has 1 saturated carbocycles. The van der Waals surface area contributed by atoms with Crippen LogP contribution in [0.5, 0.6) is 0 Å². The lowest BCUT2D eigenvalue weighted by molar-refractivity contribution is -0.122. The van der Waals surface area contributed by atoms with Crippen LogP contribution in [0, 0.1) is 17.8 Å². The Bertz CT molecular complexity index is 410. The predicted molar refractivity (Wildman–Crippen MR) is 102 cm³/mol. The van der Waals surface area contributed by atoms with Gasteiger partial charge in [0, 0.05) is 18.8 Å². The second kappa shape index (κ2) is 11.6. The van der Waals surface area contributed by atoms with E-state index in [4.69, 9.17) is 0 Å². The van der Waals surface area contributed by atoms with Crippen LogP contribution in [0.4, 0.5) is 0 Å². The van der Waals surface area contributed by atoms with Crippen LogP contribution in [-0.4, -0.2) is 11.6 Å². The van der Waals surface area contributed by atoms with E-state index in [-0.39, 0.29) is 17.5 Å². The molecule has 0 aromatic carbocycles. The van der Waals surface area contributed by atoms with Crippen LogP contribution in [0.3, 0.4) is 0 Å². The zero-order chi connectivity index (χ0) is 17.9. The van der Waals surface area contributed by atoms with Gasteiger partial charge in [0.1, 0.15) is 5.78 Å². The Hall–Kier alpha value is -0.920. The summed E-state index contributed by atoms with van der Waals surface area (Å²) in [4.78, 5) is 24.6. The third-order valence-electron chi connectivity index (χ3n) is 5.78. The van der Waals surface area contributed by atoms with Crippen molar-refractivity contribution in [2.24, 2.45) is 17.8 Å². The average molecular weight is 335 g/mol. The summed E-state index contributed by atoms with van der Waals surface area (Å²) in [7, 11) is 0. The van der Waals surface area contributed by atoms with Crippen molar-refractivity contribution in [1.29, 1.82) is 0 Å². The number of ketones is 2. The highest BCUT2D eigenvalue weighted by Gasteiger charge is 2.27. The number of carbonyl (C=O) groups excluding carboxylic acids is 2. The fraction of sp³-hybridized carbons (Fsp3) is 0.818. The van der Waals surface area contributed by atoms with E-state index in [2.05, 4.69) is 20.4 Å². The Morgan fingerprint density at radius 1 is 1.04 bits per heavy atom. The summed E-state index contributed by atoms with van der Waals surface area (Å²) in [6.07, 6.45) is 12.5. The van der Waals surface area contributed by atoms with Crippen LogP contribution >= 0.6 is 0 Å². The monoisotopic (exact) mass is 334 g/mol. The summed E-state index contributed by atoms with van der Waals surface area (Å²) in [5, 5.41) is 0. The number of unbranched alkanes of at least 4 members (excludes halogenated alkanes) is 1. The molecule has 0 heterocycles. The highest BCUT2D eigenvalue weighted by molar-refractivity contribution is 5.95. The van der Waals surface area contributed by atoms with Gasteiger partial charge in [0.25, 0.3) is 0 Å². The van der Waals surface area contributed by atoms with Gasteiger partial charge in [0.05, 0.1) is 0 Å². The normalized spacial score (nSPS) is 22.1. The van der Waals surface area contributed by atoms with Crippen molar-refractivity contribution in [3.8, 4) is 0 Å². The van der Waals surface area contributed by atoms with Crippen LogP contribution in [0.15, 0.2) is 12.2 Å². The van der Waals surface area contributed by atoms with Crippen molar-refractivity contribution in [2.45, 2.75) is 97.8 Å². The number of carbonyl (C=O) groups is 2. The van der Waals surface area contributed by atoms with Gasteiger partial charge >= 0.3 is 0 Å². The third kappa shape index (κ3) is 7.32. The molecule has 2 heteroatoms. The van der Waals surface area contributed by atoms with Gasteiger partial charge in [0.2, 0.25) is 0 Å². The molecule has 138 valence electrons. The first kappa shape index (κ1) is 21.1. The lowest BCUT2D eigenvalue weighted by Crippen LogP contribution is -2.23. The highest BCUT2D eigenvalue weighted by atomic mass is 16.1. The van der Waals surface area contributed by atoms with Crippen LogP contribution in [0.2, 0.25) is 0 Å². The molecule has 3 unspecified atom stereocenters. The van der Waals surface area contributed by atoms with E-state index in [1.807, 2.05) is 6.92 Å². The second-order valence-electron chi connectivity index (χ2n) is 7.83. The quantitative estimate of drug-likeness (QED) is 0.393. The number of allylic oxidation sites excluding steroid dienone is 1. The average Bonchev–Trinajstić information content (AvgIpc) is 2.58. The van der Waals surface area contributed by atoms with Crippen LogP contribution < -0.4 is 0 Å². The lowest BCUT2D eigenvalue weighted by Gasteiger charge is -2.31. The Morgan fingerprint density at radius 3 is 2.33 bits per heavy atom. The summed E-state index contributed by atoms with van der Waals surface area (Å²) in [5.41, 5.74) is 0.673. The van der Waals surface area contributed by atoms with Gasteiger partial charge in [-0.3, -0.25) is 9.59 Å². The molecule has 0 amide bonds. The molecule has 0 aliphatic heterocycles. The smallest absolute Gasteiger partial charge is 0.158 e. The van der Waals surface area contributed by atoms with E-state index in [9.17, 15) is 9.59 Å². The Labute approximate surface area is 149 Å². The molecule has 0 radical (unpaired) electrons. The molecule has 0 aromatic heterocycles. The second-order valence-corrected chi connectivity index (χ2v) is 7.83. The molecule has 0 spiro atoms. The van der Waals surface area contributed by atoms with Gasteiger partial charge < -0.3 is 0 Å². The molecule has 2 nitrogen and oxygen atoms in total. The van der Waals surface area contributed by atoms with E-state index in [0.717, 1.165) is 18.8 Å². The number of hydrogen-bond acceptors (Lipinski definition) is 2. The molecule has 1 aliphatic rings. The van der Waals surface area contributed by atoms with Crippen molar-refractivity contribution < 1.29 is 9.59 Å².